The molecule has 0 amide bonds. The van der Waals surface area contributed by atoms with Gasteiger partial charge in [0.1, 0.15) is 0 Å². The van der Waals surface area contributed by atoms with E-state index >= 15 is 0 Å². The van der Waals surface area contributed by atoms with Crippen LogP contribution in [0.3, 0.4) is 0 Å². The van der Waals surface area contributed by atoms with Crippen LogP contribution in [0.1, 0.15) is 90.4 Å². The first-order chi connectivity index (χ1) is 12.0. The fourth-order valence-corrected chi connectivity index (χ4v) is 4.49. The first kappa shape index (κ1) is 24.4. The third-order valence-electron chi connectivity index (χ3n) is 4.42. The maximum Gasteiger partial charge on any atom is 0.330 e. The van der Waals surface area contributed by atoms with Crippen molar-refractivity contribution in [1.82, 2.24) is 0 Å². The highest BCUT2D eigenvalue weighted by Crippen LogP contribution is 2.42. The highest BCUT2D eigenvalue weighted by atomic mass is 31.2. The van der Waals surface area contributed by atoms with Crippen molar-refractivity contribution in [2.75, 3.05) is 18.9 Å². The second-order valence-electron chi connectivity index (χ2n) is 6.91. The third-order valence-corrected chi connectivity index (χ3v) is 6.45. The summed E-state index contributed by atoms with van der Waals surface area (Å²) in [6.07, 6.45) is 16.6. The molecule has 0 saturated heterocycles. The van der Waals surface area contributed by atoms with E-state index < -0.39 is 13.3 Å². The van der Waals surface area contributed by atoms with Crippen molar-refractivity contribution in [1.29, 1.82) is 0 Å². The zero-order chi connectivity index (χ0) is 18.8. The molecule has 0 heterocycles. The normalized spacial score (nSPS) is 13.4. The van der Waals surface area contributed by atoms with Gasteiger partial charge in [0.25, 0.3) is 0 Å². The SMILES string of the molecule is C=CC(=O)OCCCCCP(=O)(O)CCCCCCCCCCCC. The molecule has 5 heteroatoms. The smallest absolute Gasteiger partial charge is 0.330 e. The lowest BCUT2D eigenvalue weighted by molar-refractivity contribution is -0.137. The van der Waals surface area contributed by atoms with Crippen molar-refractivity contribution in [3.63, 3.8) is 0 Å². The lowest BCUT2D eigenvalue weighted by Gasteiger charge is -2.11. The molecule has 0 aliphatic heterocycles. The molecule has 0 aromatic carbocycles. The number of hydrogen-bond acceptors (Lipinski definition) is 3. The number of hydrogen-bond donors (Lipinski definition) is 1. The summed E-state index contributed by atoms with van der Waals surface area (Å²) in [6, 6.07) is 0. The van der Waals surface area contributed by atoms with Crippen LogP contribution < -0.4 is 0 Å². The minimum atomic E-state index is -2.96. The van der Waals surface area contributed by atoms with Gasteiger partial charge in [0.15, 0.2) is 0 Å². The zero-order valence-corrected chi connectivity index (χ0v) is 17.1. The van der Waals surface area contributed by atoms with Gasteiger partial charge < -0.3 is 9.63 Å². The second-order valence-corrected chi connectivity index (χ2v) is 9.49. The van der Waals surface area contributed by atoms with E-state index in [2.05, 4.69) is 13.5 Å². The summed E-state index contributed by atoms with van der Waals surface area (Å²) in [5.74, 6) is -0.409. The van der Waals surface area contributed by atoms with Gasteiger partial charge in [0.05, 0.1) is 6.61 Å². The van der Waals surface area contributed by atoms with E-state index in [1.807, 2.05) is 0 Å². The Hall–Kier alpha value is -0.600. The lowest BCUT2D eigenvalue weighted by Crippen LogP contribution is -2.02. The summed E-state index contributed by atoms with van der Waals surface area (Å²) in [4.78, 5) is 20.8. The molecule has 0 saturated carbocycles. The Morgan fingerprint density at radius 2 is 1.32 bits per heavy atom. The number of unbranched alkanes of at least 4 members (excludes halogenated alkanes) is 11. The Balaban J connectivity index is 3.41. The summed E-state index contributed by atoms with van der Waals surface area (Å²) < 4.78 is 17.0. The highest BCUT2D eigenvalue weighted by molar-refractivity contribution is 7.57. The van der Waals surface area contributed by atoms with E-state index in [0.29, 0.717) is 18.9 Å². The standard InChI is InChI=1S/C20H39O4P/c1-3-5-6-7-8-9-10-11-12-15-18-25(22,23)19-16-13-14-17-24-20(21)4-2/h4H,2-3,5-19H2,1H3,(H,22,23). The Morgan fingerprint density at radius 3 is 1.80 bits per heavy atom. The number of carbonyl (C=O) groups is 1. The van der Waals surface area contributed by atoms with Gasteiger partial charge in [-0.05, 0) is 25.7 Å². The third kappa shape index (κ3) is 18.0. The monoisotopic (exact) mass is 374 g/mol. The van der Waals surface area contributed by atoms with Crippen molar-refractivity contribution in [3.05, 3.63) is 12.7 Å². The zero-order valence-electron chi connectivity index (χ0n) is 16.2. The van der Waals surface area contributed by atoms with Gasteiger partial charge in [-0.3, -0.25) is 4.57 Å². The van der Waals surface area contributed by atoms with E-state index in [9.17, 15) is 14.3 Å². The van der Waals surface area contributed by atoms with E-state index in [-0.39, 0.29) is 0 Å². The van der Waals surface area contributed by atoms with E-state index in [1.165, 1.54) is 51.4 Å². The summed E-state index contributed by atoms with van der Waals surface area (Å²) in [5, 5.41) is 0. The molecule has 25 heavy (non-hydrogen) atoms. The molecule has 0 aromatic rings. The van der Waals surface area contributed by atoms with Crippen LogP contribution in [-0.4, -0.2) is 29.8 Å². The van der Waals surface area contributed by atoms with Gasteiger partial charge in [-0.2, -0.15) is 0 Å². The summed E-state index contributed by atoms with van der Waals surface area (Å²) in [6.45, 7) is 5.93. The van der Waals surface area contributed by atoms with E-state index in [0.717, 1.165) is 38.2 Å². The summed E-state index contributed by atoms with van der Waals surface area (Å²) in [5.41, 5.74) is 0. The summed E-state index contributed by atoms with van der Waals surface area (Å²) >= 11 is 0. The van der Waals surface area contributed by atoms with Gasteiger partial charge in [-0.25, -0.2) is 4.79 Å². The second kappa shape index (κ2) is 16.8. The van der Waals surface area contributed by atoms with Crippen LogP contribution in [0, 0.1) is 0 Å². The lowest BCUT2D eigenvalue weighted by atomic mass is 10.1. The fourth-order valence-electron chi connectivity index (χ4n) is 2.83. The van der Waals surface area contributed by atoms with Gasteiger partial charge >= 0.3 is 5.97 Å². The molecule has 0 aliphatic carbocycles. The van der Waals surface area contributed by atoms with Crippen LogP contribution in [0.4, 0.5) is 0 Å². The summed E-state index contributed by atoms with van der Waals surface area (Å²) in [7, 11) is -2.96. The van der Waals surface area contributed by atoms with Crippen LogP contribution in [-0.2, 0) is 14.1 Å². The van der Waals surface area contributed by atoms with Crippen molar-refractivity contribution >= 4 is 13.3 Å². The van der Waals surface area contributed by atoms with Crippen LogP contribution >= 0.6 is 7.37 Å². The van der Waals surface area contributed by atoms with Crippen molar-refractivity contribution < 1.29 is 19.0 Å². The Morgan fingerprint density at radius 1 is 0.880 bits per heavy atom. The first-order valence-corrected chi connectivity index (χ1v) is 12.1. The van der Waals surface area contributed by atoms with Gasteiger partial charge in [0, 0.05) is 18.4 Å². The molecule has 0 aliphatic rings. The molecule has 0 bridgehead atoms. The Bertz CT molecular complexity index is 382. The van der Waals surface area contributed by atoms with E-state index in [4.69, 9.17) is 4.74 Å². The Kier molecular flexibility index (Phi) is 16.4. The van der Waals surface area contributed by atoms with Crippen LogP contribution in [0.25, 0.3) is 0 Å². The molecule has 0 aromatic heterocycles. The molecule has 1 N–H and O–H groups in total. The molecular weight excluding hydrogens is 335 g/mol. The number of ether oxygens (including phenoxy) is 1. The number of carbonyl (C=O) groups excluding carboxylic acids is 1. The van der Waals surface area contributed by atoms with Gasteiger partial charge in [0.2, 0.25) is 7.37 Å². The van der Waals surface area contributed by atoms with Gasteiger partial charge in [-0.1, -0.05) is 71.3 Å². The largest absolute Gasteiger partial charge is 0.463 e. The van der Waals surface area contributed by atoms with Gasteiger partial charge in [-0.15, -0.1) is 0 Å². The van der Waals surface area contributed by atoms with Crippen LogP contribution in [0.2, 0.25) is 0 Å². The number of rotatable bonds is 18. The maximum absolute atomic E-state index is 12.1. The van der Waals surface area contributed by atoms with Crippen molar-refractivity contribution in [2.24, 2.45) is 0 Å². The average molecular weight is 375 g/mol. The van der Waals surface area contributed by atoms with Crippen LogP contribution in [0.5, 0.6) is 0 Å². The molecule has 4 nitrogen and oxygen atoms in total. The molecule has 148 valence electrons. The molecule has 0 fully saturated rings. The predicted octanol–water partition coefficient (Wildman–Crippen LogP) is 6.08. The molecule has 1 atom stereocenters. The average Bonchev–Trinajstić information content (AvgIpc) is 2.59. The maximum atomic E-state index is 12.1. The first-order valence-electron chi connectivity index (χ1n) is 10.1. The molecule has 0 rings (SSSR count). The quantitative estimate of drug-likeness (QED) is 0.137. The predicted molar refractivity (Wildman–Crippen MR) is 106 cm³/mol. The minimum Gasteiger partial charge on any atom is -0.463 e. The topological polar surface area (TPSA) is 63.6 Å². The highest BCUT2D eigenvalue weighted by Gasteiger charge is 2.16. The molecule has 0 radical (unpaired) electrons. The molecule has 1 unspecified atom stereocenters. The van der Waals surface area contributed by atoms with Crippen molar-refractivity contribution in [2.45, 2.75) is 90.4 Å². The van der Waals surface area contributed by atoms with Crippen LogP contribution in [0.15, 0.2) is 12.7 Å². The molecule has 0 spiro atoms. The van der Waals surface area contributed by atoms with E-state index in [1.54, 1.807) is 0 Å². The minimum absolute atomic E-state index is 0.360. The Labute approximate surface area is 154 Å². The molecular formula is C20H39O4P. The van der Waals surface area contributed by atoms with Crippen molar-refractivity contribution in [3.8, 4) is 0 Å². The fraction of sp³-hybridized carbons (Fsp3) is 0.850. The number of esters is 1.